The summed E-state index contributed by atoms with van der Waals surface area (Å²) in [7, 11) is 0. The van der Waals surface area contributed by atoms with E-state index < -0.39 is 0 Å². The summed E-state index contributed by atoms with van der Waals surface area (Å²) >= 11 is 0. The summed E-state index contributed by atoms with van der Waals surface area (Å²) in [6.07, 6.45) is 4.35. The molecule has 0 fully saturated rings. The normalized spacial score (nSPS) is 16.0. The van der Waals surface area contributed by atoms with Crippen LogP contribution in [0.1, 0.15) is 89.3 Å². The molecule has 1 aliphatic heterocycles. The van der Waals surface area contributed by atoms with E-state index in [1.165, 1.54) is 5.56 Å². The molecule has 1 unspecified atom stereocenters. The average Bonchev–Trinajstić information content (AvgIpc) is 2.62. The van der Waals surface area contributed by atoms with Gasteiger partial charge in [0.25, 0.3) is 0 Å². The van der Waals surface area contributed by atoms with Gasteiger partial charge in [-0.2, -0.15) is 5.10 Å². The van der Waals surface area contributed by atoms with Crippen LogP contribution in [-0.4, -0.2) is 29.3 Å². The number of ether oxygens (including phenoxy) is 1. The fourth-order valence-electron chi connectivity index (χ4n) is 3.19. The highest BCUT2D eigenvalue weighted by molar-refractivity contribution is 6.05. The van der Waals surface area contributed by atoms with E-state index in [1.807, 2.05) is 0 Å². The van der Waals surface area contributed by atoms with Crippen LogP contribution in [0.25, 0.3) is 0 Å². The molecule has 1 aromatic carbocycles. The zero-order chi connectivity index (χ0) is 19.3. The summed E-state index contributed by atoms with van der Waals surface area (Å²) in [5, 5.41) is 6.41. The number of aryl methyl sites for hydroxylation is 1. The van der Waals surface area contributed by atoms with Gasteiger partial charge in [-0.25, -0.2) is 5.01 Å². The van der Waals surface area contributed by atoms with Crippen LogP contribution in [0.4, 0.5) is 0 Å². The fraction of sp³-hybridized carbons (Fsp3) is 0.636. The Kier molecular flexibility index (Phi) is 7.24. The number of hydrogen-bond donors (Lipinski definition) is 0. The number of unbranched alkanes of at least 4 members (excludes halogenated alkanes) is 1. The van der Waals surface area contributed by atoms with Gasteiger partial charge in [0.15, 0.2) is 0 Å². The quantitative estimate of drug-likeness (QED) is 0.582. The van der Waals surface area contributed by atoms with Crippen LogP contribution < -0.4 is 4.74 Å². The summed E-state index contributed by atoms with van der Waals surface area (Å²) in [6.45, 7) is 13.6. The van der Waals surface area contributed by atoms with Crippen molar-refractivity contribution in [3.63, 3.8) is 0 Å². The summed E-state index contributed by atoms with van der Waals surface area (Å²) in [4.78, 5) is 12.2. The molecule has 1 amide bonds. The Morgan fingerprint density at radius 3 is 2.54 bits per heavy atom. The highest BCUT2D eigenvalue weighted by atomic mass is 16.5. The van der Waals surface area contributed by atoms with Crippen LogP contribution in [0.2, 0.25) is 0 Å². The predicted octanol–water partition coefficient (Wildman–Crippen LogP) is 5.42. The van der Waals surface area contributed by atoms with Crippen LogP contribution in [-0.2, 0) is 4.79 Å². The lowest BCUT2D eigenvalue weighted by Gasteiger charge is -2.29. The van der Waals surface area contributed by atoms with Gasteiger partial charge in [0.1, 0.15) is 5.75 Å². The summed E-state index contributed by atoms with van der Waals surface area (Å²) in [5.41, 5.74) is 4.55. The third-order valence-corrected chi connectivity index (χ3v) is 5.11. The molecule has 0 radical (unpaired) electrons. The lowest BCUT2D eigenvalue weighted by atomic mass is 9.92. The van der Waals surface area contributed by atoms with Crippen molar-refractivity contribution in [1.82, 2.24) is 5.01 Å². The van der Waals surface area contributed by atoms with Crippen LogP contribution >= 0.6 is 0 Å². The van der Waals surface area contributed by atoms with Gasteiger partial charge in [-0.15, -0.1) is 0 Å². The molecule has 144 valence electrons. The first-order valence-corrected chi connectivity index (χ1v) is 10.1. The lowest BCUT2D eigenvalue weighted by molar-refractivity contribution is -0.133. The van der Waals surface area contributed by atoms with Crippen molar-refractivity contribution < 1.29 is 9.53 Å². The molecule has 1 aromatic rings. The minimum atomic E-state index is 0.129. The van der Waals surface area contributed by atoms with Crippen LogP contribution in [0.15, 0.2) is 17.2 Å². The molecule has 1 aliphatic rings. The Hall–Kier alpha value is -1.84. The molecular weight excluding hydrogens is 324 g/mol. The van der Waals surface area contributed by atoms with E-state index in [-0.39, 0.29) is 11.9 Å². The molecule has 0 saturated heterocycles. The first kappa shape index (κ1) is 20.5. The Balaban J connectivity index is 2.39. The van der Waals surface area contributed by atoms with Crippen molar-refractivity contribution >= 4 is 11.6 Å². The van der Waals surface area contributed by atoms with E-state index in [2.05, 4.69) is 53.7 Å². The van der Waals surface area contributed by atoms with E-state index in [4.69, 9.17) is 9.84 Å². The first-order valence-electron chi connectivity index (χ1n) is 10.1. The average molecular weight is 359 g/mol. The fourth-order valence-corrected chi connectivity index (χ4v) is 3.19. The molecule has 0 aliphatic carbocycles. The topological polar surface area (TPSA) is 41.9 Å². The zero-order valence-electron chi connectivity index (χ0n) is 17.3. The molecule has 0 bridgehead atoms. The Morgan fingerprint density at radius 2 is 1.92 bits per heavy atom. The van der Waals surface area contributed by atoms with Crippen molar-refractivity contribution in [2.24, 2.45) is 5.10 Å². The van der Waals surface area contributed by atoms with Crippen molar-refractivity contribution in [3.8, 4) is 5.75 Å². The van der Waals surface area contributed by atoms with E-state index >= 15 is 0 Å². The second-order valence-corrected chi connectivity index (χ2v) is 7.60. The summed E-state index contributed by atoms with van der Waals surface area (Å²) in [5.74, 6) is 1.49. The molecule has 0 N–H and O–H groups in total. The molecule has 1 heterocycles. The van der Waals surface area contributed by atoms with Gasteiger partial charge < -0.3 is 4.74 Å². The number of rotatable bonds is 8. The highest BCUT2D eigenvalue weighted by Gasteiger charge is 2.26. The Morgan fingerprint density at radius 1 is 1.19 bits per heavy atom. The van der Waals surface area contributed by atoms with Gasteiger partial charge in [0.2, 0.25) is 5.91 Å². The summed E-state index contributed by atoms with van der Waals surface area (Å²) < 4.78 is 6.05. The molecule has 26 heavy (non-hydrogen) atoms. The predicted molar refractivity (Wildman–Crippen MR) is 108 cm³/mol. The summed E-state index contributed by atoms with van der Waals surface area (Å²) in [6, 6.07) is 4.51. The molecule has 4 nitrogen and oxygen atoms in total. The van der Waals surface area contributed by atoms with Gasteiger partial charge in [0.05, 0.1) is 18.4 Å². The molecule has 1 atom stereocenters. The highest BCUT2D eigenvalue weighted by Crippen LogP contribution is 2.32. The van der Waals surface area contributed by atoms with E-state index in [0.29, 0.717) is 18.8 Å². The smallest absolute Gasteiger partial charge is 0.243 e. The number of benzene rings is 1. The first-order chi connectivity index (χ1) is 12.4. The molecule has 0 spiro atoms. The van der Waals surface area contributed by atoms with Gasteiger partial charge in [-0.3, -0.25) is 4.79 Å². The minimum absolute atomic E-state index is 0.129. The lowest BCUT2D eigenvalue weighted by Crippen LogP contribution is -2.38. The van der Waals surface area contributed by atoms with E-state index in [9.17, 15) is 4.79 Å². The number of nitrogens with zero attached hydrogens (tertiary/aromatic N) is 2. The Bertz CT molecular complexity index is 664. The van der Waals surface area contributed by atoms with Gasteiger partial charge in [-0.1, -0.05) is 34.1 Å². The van der Waals surface area contributed by atoms with Gasteiger partial charge >= 0.3 is 0 Å². The number of carbonyl (C=O) groups is 1. The maximum absolute atomic E-state index is 12.2. The van der Waals surface area contributed by atoms with Crippen molar-refractivity contribution in [2.45, 2.75) is 85.6 Å². The SMILES string of the molecule is CCCCOc1cc(C)c(C2=NN(C(C)CC)C(=O)CC2)cc1C(C)C. The molecular formula is C22H34N2O2. The van der Waals surface area contributed by atoms with E-state index in [0.717, 1.165) is 48.5 Å². The standard InChI is InChI=1S/C22H34N2O2/c1-7-9-12-26-21-13-16(5)19(14-18(21)15(3)4)20-10-11-22(25)24(23-20)17(6)8-2/h13-15,17H,7-12H2,1-6H3. The maximum Gasteiger partial charge on any atom is 0.243 e. The third-order valence-electron chi connectivity index (χ3n) is 5.11. The van der Waals surface area contributed by atoms with Crippen LogP contribution in [0, 0.1) is 6.92 Å². The van der Waals surface area contributed by atoms with E-state index in [1.54, 1.807) is 5.01 Å². The molecule has 4 heteroatoms. The third kappa shape index (κ3) is 4.66. The largest absolute Gasteiger partial charge is 0.493 e. The molecule has 0 aromatic heterocycles. The van der Waals surface area contributed by atoms with Crippen molar-refractivity contribution in [1.29, 1.82) is 0 Å². The Labute approximate surface area is 158 Å². The zero-order valence-corrected chi connectivity index (χ0v) is 17.3. The number of carbonyl (C=O) groups excluding carboxylic acids is 1. The van der Waals surface area contributed by atoms with Crippen LogP contribution in [0.5, 0.6) is 5.75 Å². The monoisotopic (exact) mass is 358 g/mol. The van der Waals surface area contributed by atoms with Gasteiger partial charge in [0, 0.05) is 18.4 Å². The molecule has 2 rings (SSSR count). The second-order valence-electron chi connectivity index (χ2n) is 7.60. The van der Waals surface area contributed by atoms with Crippen LogP contribution in [0.3, 0.4) is 0 Å². The van der Waals surface area contributed by atoms with Gasteiger partial charge in [-0.05, 0) is 55.9 Å². The second kappa shape index (κ2) is 9.20. The number of amides is 1. The maximum atomic E-state index is 12.2. The number of hydrogen-bond acceptors (Lipinski definition) is 3. The van der Waals surface area contributed by atoms with Crippen molar-refractivity contribution in [3.05, 3.63) is 28.8 Å². The number of hydrazone groups is 1. The molecule has 0 saturated carbocycles. The van der Waals surface area contributed by atoms with Crippen molar-refractivity contribution in [2.75, 3.05) is 6.61 Å². The minimum Gasteiger partial charge on any atom is -0.493 e.